The number of carboxylic acids is 2. The topological polar surface area (TPSA) is 399 Å². The van der Waals surface area contributed by atoms with E-state index in [1.165, 1.54) is 28.4 Å². The number of carbonyl (C=O) groups is 7. The van der Waals surface area contributed by atoms with Crippen molar-refractivity contribution in [2.45, 2.75) is 141 Å². The van der Waals surface area contributed by atoms with Crippen molar-refractivity contribution in [1.82, 2.24) is 35.8 Å². The van der Waals surface area contributed by atoms with Crippen LogP contribution < -0.4 is 26.0 Å². The molecule has 104 heavy (non-hydrogen) atoms. The summed E-state index contributed by atoms with van der Waals surface area (Å²) in [5.74, 6) is -3.92. The van der Waals surface area contributed by atoms with Crippen molar-refractivity contribution in [3.05, 3.63) is 131 Å². The van der Waals surface area contributed by atoms with Crippen molar-refractivity contribution < 1.29 is 92.3 Å². The summed E-state index contributed by atoms with van der Waals surface area (Å²) in [6.45, 7) is 9.56. The van der Waals surface area contributed by atoms with Gasteiger partial charge in [0.05, 0.1) is 66.7 Å². The Hall–Kier alpha value is -9.17. The molecule has 5 fully saturated rings. The number of imide groups is 1. The number of aliphatic hydroxyl groups is 3. The van der Waals surface area contributed by atoms with Gasteiger partial charge in [0.1, 0.15) is 30.7 Å². The monoisotopic (exact) mass is 1450 g/mol. The quantitative estimate of drug-likeness (QED) is 0.0101. The third kappa shape index (κ3) is 18.7. The van der Waals surface area contributed by atoms with Gasteiger partial charge in [0, 0.05) is 103 Å². The highest BCUT2D eigenvalue weighted by molar-refractivity contribution is 7.22. The lowest BCUT2D eigenvalue weighted by Gasteiger charge is -2.69. The Bertz CT molecular complexity index is 4170. The zero-order chi connectivity index (χ0) is 73.8. The van der Waals surface area contributed by atoms with E-state index >= 15 is 0 Å². The van der Waals surface area contributed by atoms with Gasteiger partial charge in [-0.15, -0.1) is 0 Å². The number of para-hydroxylation sites is 1. The van der Waals surface area contributed by atoms with Gasteiger partial charge in [-0.3, -0.25) is 34.4 Å². The lowest BCUT2D eigenvalue weighted by molar-refractivity contribution is -0.271. The maximum atomic E-state index is 13.7. The van der Waals surface area contributed by atoms with E-state index in [4.69, 9.17) is 38.6 Å². The van der Waals surface area contributed by atoms with E-state index < -0.39 is 54.3 Å². The van der Waals surface area contributed by atoms with Gasteiger partial charge in [-0.1, -0.05) is 55.9 Å². The van der Waals surface area contributed by atoms with E-state index in [0.717, 1.165) is 60.5 Å². The number of aliphatic hydroxyl groups excluding tert-OH is 3. The number of hydrogen-bond acceptors (Lipinski definition) is 23. The third-order valence-corrected chi connectivity index (χ3v) is 20.6. The van der Waals surface area contributed by atoms with Crippen LogP contribution in [-0.2, 0) is 60.6 Å². The summed E-state index contributed by atoms with van der Waals surface area (Å²) in [6, 6.07) is 22.9. The molecule has 3 aromatic heterocycles. The van der Waals surface area contributed by atoms with E-state index in [1.54, 1.807) is 60.8 Å². The molecule has 4 saturated carbocycles. The molecule has 6 aliphatic rings. The second kappa shape index (κ2) is 33.7. The SMILES string of the molecule is C/C(NCC12CC3(C)CC(C)(C1)CC(OCCNC(=O)OCc1cc(CCCOCCOCCOCCNC(=O)CCCCCN4C(=O)C=CC4=O)ccc1O[C@@H]1O[C@H](C(=O)O)[C@H](O)[C@H](O)[C@@H]1O)(C3)C2)=C(/C=N)c1ccc(-c2cnc3cccc(C(=O)Nc4nc5ccccc5s4)c3c2)nc1C(=O)O. The third-order valence-electron chi connectivity index (χ3n) is 19.7. The number of thiazole rings is 1. The summed E-state index contributed by atoms with van der Waals surface area (Å²) in [6.07, 6.45) is 3.74. The molecule has 2 unspecified atom stereocenters. The number of amides is 5. The largest absolute Gasteiger partial charge is 0.479 e. The Labute approximate surface area is 604 Å². The van der Waals surface area contributed by atoms with E-state index in [1.807, 2.05) is 31.2 Å². The van der Waals surface area contributed by atoms with Gasteiger partial charge in [-0.25, -0.2) is 24.4 Å². The van der Waals surface area contributed by atoms with E-state index in [9.17, 15) is 59.1 Å². The molecule has 5 heterocycles. The van der Waals surface area contributed by atoms with E-state index in [0.29, 0.717) is 147 Å². The first-order valence-electron chi connectivity index (χ1n) is 35.0. The molecule has 10 N–H and O–H groups in total. The molecule has 5 amide bonds. The first-order valence-corrected chi connectivity index (χ1v) is 35.8. The second-order valence-electron chi connectivity index (χ2n) is 28.2. The molecule has 4 aliphatic carbocycles. The van der Waals surface area contributed by atoms with Gasteiger partial charge in [0.15, 0.2) is 16.9 Å². The Morgan fingerprint density at radius 3 is 2.18 bits per heavy atom. The zero-order valence-corrected chi connectivity index (χ0v) is 59.1. The van der Waals surface area contributed by atoms with Crippen LogP contribution in [0.4, 0.5) is 9.93 Å². The maximum absolute atomic E-state index is 13.7. The zero-order valence-electron chi connectivity index (χ0n) is 58.3. The fraction of sp³-hybridized carbons (Fsp3) is 0.480. The normalized spacial score (nSPS) is 24.2. The van der Waals surface area contributed by atoms with Gasteiger partial charge in [0.2, 0.25) is 12.2 Å². The Morgan fingerprint density at radius 2 is 1.45 bits per heavy atom. The summed E-state index contributed by atoms with van der Waals surface area (Å²) in [7, 11) is 0. The number of unbranched alkanes of at least 4 members (excludes halogenated alkanes) is 2. The van der Waals surface area contributed by atoms with Crippen molar-refractivity contribution in [2.24, 2.45) is 16.2 Å². The lowest BCUT2D eigenvalue weighted by atomic mass is 9.39. The molecule has 0 spiro atoms. The molecule has 7 atom stereocenters. The van der Waals surface area contributed by atoms with Crippen molar-refractivity contribution in [1.29, 1.82) is 5.41 Å². The van der Waals surface area contributed by atoms with Crippen LogP contribution in [0.15, 0.2) is 103 Å². The van der Waals surface area contributed by atoms with Gasteiger partial charge in [-0.05, 0) is 148 Å². The van der Waals surface area contributed by atoms with Crippen LogP contribution in [0.25, 0.3) is 38.0 Å². The highest BCUT2D eigenvalue weighted by Crippen LogP contribution is 2.71. The van der Waals surface area contributed by atoms with Crippen LogP contribution in [0.2, 0.25) is 0 Å². The number of anilines is 1. The highest BCUT2D eigenvalue weighted by Gasteiger charge is 2.66. The standard InChI is InChI=1S/C75H89N9O19S/c1-45(52(35-76)49-18-19-53(81-61(49)67(92)93)47-34-51-50(12-9-14-54(51)79-36-47)66(91)83-70-82-55-13-6-7-15-57(55)104-70)80-44-74-39-72(2)38-73(3,40-74)42-75(41-72,43-74)101-28-24-78-71(96)100-37-48-33-46(17-20-56(48)102-69-64(90)62(88)63(89)65(103-69)68(94)95)11-10-26-97-29-31-99-32-30-98-27-23-77-58(85)16-5-4-8-25-84-59(86)21-22-60(84)87/h6-7,9,12-15,17-22,33-36,62-65,69,76,80,88-90H,4-5,8,10-11,16,23-32,37-44H2,1-3H3,(H,77,85)(H,78,96)(H,92,93)(H,94,95)(H,82,83,91)/b52-45+,76-35?/t62-,63+,64-,65-,69+,72?,73?,74?,75?/m0/s1. The minimum atomic E-state index is -1.94. The van der Waals surface area contributed by atoms with Crippen molar-refractivity contribution in [2.75, 3.05) is 77.7 Å². The Morgan fingerprint density at radius 1 is 0.731 bits per heavy atom. The number of aromatic nitrogens is 3. The summed E-state index contributed by atoms with van der Waals surface area (Å²) < 4.78 is 41.9. The number of ether oxygens (including phenoxy) is 7. The number of hydrogen-bond donors (Lipinski definition) is 10. The predicted octanol–water partition coefficient (Wildman–Crippen LogP) is 7.74. The molecule has 2 aliphatic heterocycles. The summed E-state index contributed by atoms with van der Waals surface area (Å²) >= 11 is 1.36. The second-order valence-corrected chi connectivity index (χ2v) is 29.3. The molecule has 0 radical (unpaired) electrons. The molecule has 1 saturated heterocycles. The number of pyridine rings is 2. The molecule has 28 nitrogen and oxygen atoms in total. The molecule has 12 rings (SSSR count). The van der Waals surface area contributed by atoms with Crippen LogP contribution in [-0.4, -0.2) is 202 Å². The van der Waals surface area contributed by atoms with Gasteiger partial charge in [-0.2, -0.15) is 0 Å². The first-order chi connectivity index (χ1) is 49.9. The van der Waals surface area contributed by atoms with Gasteiger partial charge < -0.3 is 80.1 Å². The van der Waals surface area contributed by atoms with Crippen LogP contribution in [0.1, 0.15) is 129 Å². The number of nitrogens with zero attached hydrogens (tertiary/aromatic N) is 4. The summed E-state index contributed by atoms with van der Waals surface area (Å²) in [4.78, 5) is 103. The van der Waals surface area contributed by atoms with Crippen LogP contribution in [0.3, 0.4) is 0 Å². The number of carbonyl (C=O) groups excluding carboxylic acids is 5. The van der Waals surface area contributed by atoms with Gasteiger partial charge >= 0.3 is 18.0 Å². The number of aryl methyl sites for hydroxylation is 1. The number of aromatic carboxylic acids is 1. The number of aliphatic carboxylic acids is 1. The van der Waals surface area contributed by atoms with E-state index in [2.05, 4.69) is 50.1 Å². The number of nitrogens with one attached hydrogen (secondary N) is 5. The van der Waals surface area contributed by atoms with Crippen molar-refractivity contribution in [3.63, 3.8) is 0 Å². The van der Waals surface area contributed by atoms with Crippen molar-refractivity contribution >= 4 is 91.0 Å². The smallest absolute Gasteiger partial charge is 0.407 e. The Balaban J connectivity index is 0.649. The Kier molecular flexibility index (Phi) is 24.6. The first kappa shape index (κ1) is 76.0. The molecule has 4 bridgehead atoms. The fourth-order valence-corrected chi connectivity index (χ4v) is 17.0. The lowest BCUT2D eigenvalue weighted by Crippen LogP contribution is -2.65. The molecule has 29 heteroatoms. The number of rotatable bonds is 37. The van der Waals surface area contributed by atoms with Gasteiger partial charge in [0.25, 0.3) is 17.7 Å². The highest BCUT2D eigenvalue weighted by atomic mass is 32.1. The molecule has 3 aromatic carbocycles. The van der Waals surface area contributed by atoms with E-state index in [-0.39, 0.29) is 76.6 Å². The fourth-order valence-electron chi connectivity index (χ4n) is 16.1. The number of fused-ring (bicyclic) bond motifs is 2. The van der Waals surface area contributed by atoms with Crippen molar-refractivity contribution in [3.8, 4) is 17.0 Å². The molecular weight excluding hydrogens is 1360 g/mol. The minimum absolute atomic E-state index is 0.0547. The number of alkyl carbamates (subject to hydrolysis) is 1. The van der Waals surface area contributed by atoms with Crippen LogP contribution in [0, 0.1) is 21.7 Å². The van der Waals surface area contributed by atoms with Crippen LogP contribution >= 0.6 is 11.3 Å². The maximum Gasteiger partial charge on any atom is 0.407 e. The predicted molar refractivity (Wildman–Crippen MR) is 382 cm³/mol. The summed E-state index contributed by atoms with van der Waals surface area (Å²) in [5, 5.41) is 73.8. The average Bonchev–Trinajstić information content (AvgIpc) is 0.805. The average molecular weight is 1450 g/mol. The van der Waals surface area contributed by atoms with Crippen LogP contribution in [0.5, 0.6) is 5.75 Å². The molecule has 554 valence electrons. The number of carboxylic acid groups (broad SMARTS) is 2. The molecular formula is C75H89N9O19S. The molecule has 6 aromatic rings. The summed E-state index contributed by atoms with van der Waals surface area (Å²) in [5.41, 5.74) is 3.67. The minimum Gasteiger partial charge on any atom is -0.479 e. The number of allylic oxidation sites excluding steroid dienone is 2. The number of benzene rings is 3.